The molecule has 1 aromatic carbocycles. The summed E-state index contributed by atoms with van der Waals surface area (Å²) in [4.78, 5) is 86.2. The number of aliphatic hydroxyl groups is 1. The lowest BCUT2D eigenvalue weighted by Gasteiger charge is -2.22. The average molecular weight is 659 g/mol. The Morgan fingerprint density at radius 3 is 2.17 bits per heavy atom. The highest BCUT2D eigenvalue weighted by molar-refractivity contribution is 6.12. The van der Waals surface area contributed by atoms with Crippen LogP contribution in [0.4, 0.5) is 10.5 Å². The van der Waals surface area contributed by atoms with Gasteiger partial charge in [0.15, 0.2) is 0 Å². The fourth-order valence-electron chi connectivity index (χ4n) is 4.31. The van der Waals surface area contributed by atoms with E-state index in [1.807, 2.05) is 6.92 Å². The number of amides is 7. The maximum absolute atomic E-state index is 13.2. The van der Waals surface area contributed by atoms with Gasteiger partial charge in [0.2, 0.25) is 17.7 Å². The molecule has 1 heterocycles. The van der Waals surface area contributed by atoms with Crippen LogP contribution >= 0.6 is 0 Å². The highest BCUT2D eigenvalue weighted by Gasteiger charge is 2.28. The number of aliphatic hydroxyl groups excluding tert-OH is 1. The lowest BCUT2D eigenvalue weighted by molar-refractivity contribution is -0.155. The number of imide groups is 1. The number of primary amides is 1. The molecule has 0 fully saturated rings. The minimum absolute atomic E-state index is 0.0399. The number of nitrogens with one attached hydrogen (secondary N) is 4. The molecule has 1 aliphatic heterocycles. The molecule has 15 heteroatoms. The highest BCUT2D eigenvalue weighted by atomic mass is 16.5. The second kappa shape index (κ2) is 19.0. The van der Waals surface area contributed by atoms with Crippen LogP contribution in [0.25, 0.3) is 0 Å². The number of nitrogens with zero attached hydrogens (tertiary/aromatic N) is 1. The van der Waals surface area contributed by atoms with Crippen LogP contribution in [0, 0.1) is 5.41 Å². The van der Waals surface area contributed by atoms with E-state index in [1.165, 1.54) is 12.2 Å². The van der Waals surface area contributed by atoms with Crippen LogP contribution < -0.4 is 27.0 Å². The summed E-state index contributed by atoms with van der Waals surface area (Å²) < 4.78 is 5.39. The molecule has 47 heavy (non-hydrogen) atoms. The van der Waals surface area contributed by atoms with E-state index in [2.05, 4.69) is 21.3 Å². The molecule has 2 rings (SSSR count). The van der Waals surface area contributed by atoms with Crippen molar-refractivity contribution in [1.29, 1.82) is 0 Å². The molecule has 1 aromatic rings. The third kappa shape index (κ3) is 13.2. The summed E-state index contributed by atoms with van der Waals surface area (Å²) in [5.74, 6) is -2.91. The van der Waals surface area contributed by atoms with Crippen molar-refractivity contribution in [3.8, 4) is 0 Å². The van der Waals surface area contributed by atoms with Crippen LogP contribution in [0.1, 0.15) is 71.3 Å². The number of hydrogen-bond donors (Lipinski definition) is 6. The average Bonchev–Trinajstić information content (AvgIpc) is 3.36. The van der Waals surface area contributed by atoms with Gasteiger partial charge in [-0.3, -0.25) is 33.7 Å². The van der Waals surface area contributed by atoms with Crippen molar-refractivity contribution in [3.05, 3.63) is 42.0 Å². The van der Waals surface area contributed by atoms with Gasteiger partial charge in [0, 0.05) is 37.3 Å². The van der Waals surface area contributed by atoms with Crippen LogP contribution in [0.2, 0.25) is 0 Å². The first-order valence-electron chi connectivity index (χ1n) is 15.6. The molecule has 0 aromatic heterocycles. The molecule has 0 unspecified atom stereocenters. The molecule has 0 saturated heterocycles. The maximum atomic E-state index is 13.2. The van der Waals surface area contributed by atoms with Crippen molar-refractivity contribution in [1.82, 2.24) is 20.9 Å². The molecule has 0 bridgehead atoms. The van der Waals surface area contributed by atoms with Crippen LogP contribution in [-0.4, -0.2) is 83.3 Å². The molecule has 15 nitrogen and oxygen atoms in total. The molecule has 7 N–H and O–H groups in total. The van der Waals surface area contributed by atoms with Crippen molar-refractivity contribution in [2.24, 2.45) is 11.1 Å². The predicted octanol–water partition coefficient (Wildman–Crippen LogP) is 1.00. The number of hydrogen-bond acceptors (Lipinski definition) is 9. The number of carbonyl (C=O) groups excluding carboxylic acids is 7. The summed E-state index contributed by atoms with van der Waals surface area (Å²) >= 11 is 0. The Balaban J connectivity index is 1.91. The number of ether oxygens (including phenoxy) is 1. The molecule has 0 saturated carbocycles. The fraction of sp³-hybridized carbons (Fsp3) is 0.531. The summed E-state index contributed by atoms with van der Waals surface area (Å²) in [7, 11) is 0. The van der Waals surface area contributed by atoms with Crippen molar-refractivity contribution >= 4 is 47.2 Å². The zero-order chi connectivity index (χ0) is 35.0. The first kappa shape index (κ1) is 38.4. The number of anilines is 1. The lowest BCUT2D eigenvalue weighted by atomic mass is 9.91. The molecule has 0 aliphatic carbocycles. The van der Waals surface area contributed by atoms with Gasteiger partial charge in [-0.25, -0.2) is 4.79 Å². The Morgan fingerprint density at radius 2 is 1.57 bits per heavy atom. The van der Waals surface area contributed by atoms with E-state index in [4.69, 9.17) is 10.5 Å². The Kier molecular flexibility index (Phi) is 15.5. The Bertz CT molecular complexity index is 1290. The zero-order valence-corrected chi connectivity index (χ0v) is 27.1. The van der Waals surface area contributed by atoms with Gasteiger partial charge in [-0.2, -0.15) is 0 Å². The second-order valence-electron chi connectivity index (χ2n) is 11.8. The smallest absolute Gasteiger partial charge is 0.312 e. The van der Waals surface area contributed by atoms with Gasteiger partial charge in [0.25, 0.3) is 11.8 Å². The van der Waals surface area contributed by atoms with E-state index in [-0.39, 0.29) is 56.7 Å². The normalized spacial score (nSPS) is 13.9. The van der Waals surface area contributed by atoms with E-state index < -0.39 is 47.9 Å². The molecular weight excluding hydrogens is 612 g/mol. The molecule has 2 atom stereocenters. The first-order chi connectivity index (χ1) is 22.3. The van der Waals surface area contributed by atoms with Gasteiger partial charge in [0.1, 0.15) is 18.7 Å². The lowest BCUT2D eigenvalue weighted by Crippen LogP contribution is -2.54. The second-order valence-corrected chi connectivity index (χ2v) is 11.8. The first-order valence-corrected chi connectivity index (χ1v) is 15.6. The van der Waals surface area contributed by atoms with Crippen molar-refractivity contribution in [3.63, 3.8) is 0 Å². The number of nitrogens with two attached hydrogens (primary N) is 1. The van der Waals surface area contributed by atoms with E-state index >= 15 is 0 Å². The largest absolute Gasteiger partial charge is 0.460 e. The summed E-state index contributed by atoms with van der Waals surface area (Å²) in [5.41, 5.74) is 5.62. The standard InChI is InChI=1S/C32H46N6O9/c1-4-32(2,3)30(45)47-20-21-11-13-22(14-12-21)35-28(43)23(9-8-17-34-31(33)46)37-29(44)24(19-39)36-25(40)10-6-5-7-18-38-26(41)15-16-27(38)42/h11-16,23-24,39H,4-10,17-20H2,1-3H3,(H,35,43)(H,36,40)(H,37,44)(H3,33,34,46)/t23-,24-/m0/s1. The van der Waals surface area contributed by atoms with Crippen molar-refractivity contribution in [2.45, 2.75) is 84.4 Å². The Labute approximate surface area is 274 Å². The quantitative estimate of drug-likeness (QED) is 0.0666. The maximum Gasteiger partial charge on any atom is 0.312 e. The van der Waals surface area contributed by atoms with Gasteiger partial charge in [0.05, 0.1) is 12.0 Å². The minimum Gasteiger partial charge on any atom is -0.460 e. The fourth-order valence-corrected chi connectivity index (χ4v) is 4.31. The third-order valence-electron chi connectivity index (χ3n) is 7.65. The Morgan fingerprint density at radius 1 is 0.915 bits per heavy atom. The SMILES string of the molecule is CCC(C)(C)C(=O)OCc1ccc(NC(=O)[C@H](CCCNC(N)=O)NC(=O)[C@H](CO)NC(=O)CCCCCN2C(=O)C=CC2=O)cc1. The molecule has 0 radical (unpaired) electrons. The van der Waals surface area contributed by atoms with Gasteiger partial charge < -0.3 is 36.8 Å². The number of unbranched alkanes of at least 4 members (excludes halogenated alkanes) is 2. The molecule has 7 amide bonds. The van der Waals surface area contributed by atoms with Gasteiger partial charge >= 0.3 is 12.0 Å². The van der Waals surface area contributed by atoms with E-state index in [0.717, 1.165) is 4.90 Å². The third-order valence-corrected chi connectivity index (χ3v) is 7.65. The van der Waals surface area contributed by atoms with Gasteiger partial charge in [-0.05, 0) is 63.6 Å². The molecule has 1 aliphatic rings. The number of esters is 1. The monoisotopic (exact) mass is 658 g/mol. The zero-order valence-electron chi connectivity index (χ0n) is 27.1. The molecule has 0 spiro atoms. The molecular formula is C32H46N6O9. The number of benzene rings is 1. The number of carbonyl (C=O) groups is 7. The van der Waals surface area contributed by atoms with Crippen molar-refractivity contribution in [2.75, 3.05) is 25.0 Å². The summed E-state index contributed by atoms with van der Waals surface area (Å²) in [6.45, 7) is 5.24. The molecule has 258 valence electrons. The number of rotatable bonds is 20. The summed E-state index contributed by atoms with van der Waals surface area (Å²) in [6, 6.07) is 3.45. The van der Waals surface area contributed by atoms with Crippen LogP contribution in [-0.2, 0) is 40.1 Å². The van der Waals surface area contributed by atoms with E-state index in [9.17, 15) is 38.7 Å². The van der Waals surface area contributed by atoms with Crippen LogP contribution in [0.5, 0.6) is 0 Å². The van der Waals surface area contributed by atoms with E-state index in [1.54, 1.807) is 38.1 Å². The number of urea groups is 1. The minimum atomic E-state index is -1.33. The van der Waals surface area contributed by atoms with Crippen LogP contribution in [0.15, 0.2) is 36.4 Å². The van der Waals surface area contributed by atoms with Gasteiger partial charge in [-0.1, -0.05) is 25.5 Å². The predicted molar refractivity (Wildman–Crippen MR) is 171 cm³/mol. The van der Waals surface area contributed by atoms with Gasteiger partial charge in [-0.15, -0.1) is 0 Å². The van der Waals surface area contributed by atoms with Crippen molar-refractivity contribution < 1.29 is 43.4 Å². The van der Waals surface area contributed by atoms with E-state index in [0.29, 0.717) is 36.9 Å². The summed E-state index contributed by atoms with van der Waals surface area (Å²) in [5, 5.41) is 19.9. The Hall–Kier alpha value is -4.79. The van der Waals surface area contributed by atoms with Crippen LogP contribution in [0.3, 0.4) is 0 Å². The topological polar surface area (TPSA) is 226 Å². The highest BCUT2D eigenvalue weighted by Crippen LogP contribution is 2.22. The summed E-state index contributed by atoms with van der Waals surface area (Å²) in [6.07, 6.45) is 4.93.